The minimum atomic E-state index is -0.626. The van der Waals surface area contributed by atoms with E-state index in [1.165, 1.54) is 24.0 Å². The molecule has 1 aromatic rings. The van der Waals surface area contributed by atoms with Crippen molar-refractivity contribution in [1.29, 1.82) is 0 Å². The largest absolute Gasteiger partial charge is 0.395 e. The number of rotatable bonds is 6. The second kappa shape index (κ2) is 7.15. The van der Waals surface area contributed by atoms with Crippen molar-refractivity contribution in [2.75, 3.05) is 12.9 Å². The van der Waals surface area contributed by atoms with Gasteiger partial charge in [-0.05, 0) is 13.2 Å². The first-order valence-corrected chi connectivity index (χ1v) is 6.99. The van der Waals surface area contributed by atoms with Gasteiger partial charge in [-0.2, -0.15) is 11.8 Å². The zero-order chi connectivity index (χ0) is 14.4. The minimum absolute atomic E-state index is 0.0405. The summed E-state index contributed by atoms with van der Waals surface area (Å²) in [6.07, 6.45) is 3.11. The van der Waals surface area contributed by atoms with E-state index in [4.69, 9.17) is 5.11 Å². The molecule has 2 unspecified atom stereocenters. The lowest BCUT2D eigenvalue weighted by Gasteiger charge is -2.21. The van der Waals surface area contributed by atoms with E-state index in [-0.39, 0.29) is 30.4 Å². The van der Waals surface area contributed by atoms with E-state index in [1.54, 1.807) is 6.92 Å². The Kier molecular flexibility index (Phi) is 5.84. The van der Waals surface area contributed by atoms with E-state index in [0.717, 1.165) is 4.57 Å². The standard InChI is InChI=1S/C11H17N3O4S/c1-7(8(6-15)19-2)12-10(17)5-14-4-3-9(16)13-11(14)18/h3-4,7-8,15H,5-6H2,1-2H3,(H,12,17)(H,13,16,18). The molecule has 2 atom stereocenters. The highest BCUT2D eigenvalue weighted by Gasteiger charge is 2.17. The van der Waals surface area contributed by atoms with E-state index in [1.807, 2.05) is 6.26 Å². The molecule has 106 valence electrons. The summed E-state index contributed by atoms with van der Waals surface area (Å²) in [4.78, 5) is 36.1. The monoisotopic (exact) mass is 287 g/mol. The van der Waals surface area contributed by atoms with Crippen LogP contribution in [0, 0.1) is 0 Å². The second-order valence-corrected chi connectivity index (χ2v) is 5.13. The van der Waals surface area contributed by atoms with Crippen molar-refractivity contribution >= 4 is 17.7 Å². The second-order valence-electron chi connectivity index (χ2n) is 4.05. The first-order chi connectivity index (χ1) is 8.97. The molecule has 0 aliphatic rings. The van der Waals surface area contributed by atoms with Gasteiger partial charge in [0.05, 0.1) is 6.61 Å². The van der Waals surface area contributed by atoms with Gasteiger partial charge in [0, 0.05) is 23.6 Å². The average Bonchev–Trinajstić information content (AvgIpc) is 2.34. The smallest absolute Gasteiger partial charge is 0.328 e. The lowest BCUT2D eigenvalue weighted by Crippen LogP contribution is -2.44. The average molecular weight is 287 g/mol. The maximum absolute atomic E-state index is 11.7. The van der Waals surface area contributed by atoms with Gasteiger partial charge in [-0.3, -0.25) is 19.1 Å². The molecule has 0 aliphatic heterocycles. The van der Waals surface area contributed by atoms with Crippen LogP contribution in [0.3, 0.4) is 0 Å². The molecular formula is C11H17N3O4S. The number of hydrogen-bond donors (Lipinski definition) is 3. The molecular weight excluding hydrogens is 270 g/mol. The highest BCUT2D eigenvalue weighted by molar-refractivity contribution is 7.99. The Balaban J connectivity index is 2.65. The number of thioether (sulfide) groups is 1. The number of aliphatic hydroxyl groups is 1. The van der Waals surface area contributed by atoms with Crippen molar-refractivity contribution in [3.63, 3.8) is 0 Å². The van der Waals surface area contributed by atoms with Gasteiger partial charge in [0.25, 0.3) is 5.56 Å². The van der Waals surface area contributed by atoms with Crippen LogP contribution >= 0.6 is 11.8 Å². The van der Waals surface area contributed by atoms with Gasteiger partial charge in [-0.1, -0.05) is 0 Å². The molecule has 1 amide bonds. The Labute approximate surface area is 114 Å². The topological polar surface area (TPSA) is 104 Å². The maximum Gasteiger partial charge on any atom is 0.328 e. The normalized spacial score (nSPS) is 13.8. The molecule has 0 aromatic carbocycles. The Morgan fingerprint density at radius 3 is 2.79 bits per heavy atom. The third kappa shape index (κ3) is 4.56. The summed E-state index contributed by atoms with van der Waals surface area (Å²) >= 11 is 1.45. The number of aromatic amines is 1. The Bertz CT molecular complexity index is 535. The lowest BCUT2D eigenvalue weighted by molar-refractivity contribution is -0.122. The fourth-order valence-corrected chi connectivity index (χ4v) is 2.18. The Morgan fingerprint density at radius 1 is 1.58 bits per heavy atom. The van der Waals surface area contributed by atoms with Crippen LogP contribution < -0.4 is 16.6 Å². The van der Waals surface area contributed by atoms with Gasteiger partial charge in [0.1, 0.15) is 6.54 Å². The number of nitrogens with one attached hydrogen (secondary N) is 2. The quantitative estimate of drug-likeness (QED) is 0.607. The van der Waals surface area contributed by atoms with Gasteiger partial charge < -0.3 is 10.4 Å². The number of H-pyrrole nitrogens is 1. The van der Waals surface area contributed by atoms with Crippen molar-refractivity contribution in [3.05, 3.63) is 33.1 Å². The first-order valence-electron chi connectivity index (χ1n) is 5.70. The van der Waals surface area contributed by atoms with Crippen molar-refractivity contribution in [2.45, 2.75) is 24.8 Å². The van der Waals surface area contributed by atoms with Gasteiger partial charge in [-0.15, -0.1) is 0 Å². The molecule has 0 spiro atoms. The fourth-order valence-electron chi connectivity index (χ4n) is 1.55. The summed E-state index contributed by atoms with van der Waals surface area (Å²) in [5.74, 6) is -0.353. The molecule has 0 saturated carbocycles. The van der Waals surface area contributed by atoms with Crippen LogP contribution in [0.4, 0.5) is 0 Å². The van der Waals surface area contributed by atoms with E-state index >= 15 is 0 Å². The van der Waals surface area contributed by atoms with Crippen LogP contribution in [-0.4, -0.2) is 44.7 Å². The molecule has 0 radical (unpaired) electrons. The summed E-state index contributed by atoms with van der Waals surface area (Å²) in [5.41, 5.74) is -1.13. The molecule has 19 heavy (non-hydrogen) atoms. The van der Waals surface area contributed by atoms with Gasteiger partial charge in [0.15, 0.2) is 0 Å². The van der Waals surface area contributed by atoms with E-state index in [2.05, 4.69) is 10.3 Å². The van der Waals surface area contributed by atoms with Crippen molar-refractivity contribution in [1.82, 2.24) is 14.9 Å². The molecule has 1 aromatic heterocycles. The van der Waals surface area contributed by atoms with E-state index < -0.39 is 11.2 Å². The molecule has 0 bridgehead atoms. The number of amides is 1. The van der Waals surface area contributed by atoms with Crippen molar-refractivity contribution < 1.29 is 9.90 Å². The number of aromatic nitrogens is 2. The van der Waals surface area contributed by atoms with Crippen LogP contribution in [0.5, 0.6) is 0 Å². The van der Waals surface area contributed by atoms with Crippen molar-refractivity contribution in [3.8, 4) is 0 Å². The number of nitrogens with zero attached hydrogens (tertiary/aromatic N) is 1. The van der Waals surface area contributed by atoms with Crippen molar-refractivity contribution in [2.24, 2.45) is 0 Å². The molecule has 8 heteroatoms. The minimum Gasteiger partial charge on any atom is -0.395 e. The zero-order valence-corrected chi connectivity index (χ0v) is 11.6. The molecule has 0 fully saturated rings. The third-order valence-electron chi connectivity index (χ3n) is 2.64. The lowest BCUT2D eigenvalue weighted by atomic mass is 10.2. The summed E-state index contributed by atoms with van der Waals surface area (Å²) < 4.78 is 1.11. The van der Waals surface area contributed by atoms with Crippen LogP contribution in [0.15, 0.2) is 21.9 Å². The molecule has 3 N–H and O–H groups in total. The summed E-state index contributed by atoms with van der Waals surface area (Å²) in [6, 6.07) is 0.960. The van der Waals surface area contributed by atoms with Crippen LogP contribution in [0.25, 0.3) is 0 Å². The molecule has 0 aliphatic carbocycles. The van der Waals surface area contributed by atoms with Gasteiger partial charge >= 0.3 is 5.69 Å². The molecule has 1 rings (SSSR count). The third-order valence-corrected chi connectivity index (χ3v) is 3.80. The number of carbonyl (C=O) groups is 1. The van der Waals surface area contributed by atoms with Gasteiger partial charge in [-0.25, -0.2) is 4.79 Å². The molecule has 0 saturated heterocycles. The first kappa shape index (κ1) is 15.5. The molecule has 1 heterocycles. The van der Waals surface area contributed by atoms with E-state index in [0.29, 0.717) is 0 Å². The van der Waals surface area contributed by atoms with Gasteiger partial charge in [0.2, 0.25) is 5.91 Å². The SMILES string of the molecule is CSC(CO)C(C)NC(=O)Cn1ccc(=O)[nH]c1=O. The fraction of sp³-hybridized carbons (Fsp3) is 0.545. The number of carbonyl (C=O) groups excluding carboxylic acids is 1. The van der Waals surface area contributed by atoms with E-state index in [9.17, 15) is 14.4 Å². The highest BCUT2D eigenvalue weighted by Crippen LogP contribution is 2.09. The Morgan fingerprint density at radius 2 is 2.26 bits per heavy atom. The highest BCUT2D eigenvalue weighted by atomic mass is 32.2. The number of hydrogen-bond acceptors (Lipinski definition) is 5. The Hall–Kier alpha value is -1.54. The van der Waals surface area contributed by atoms with Crippen LogP contribution in [0.2, 0.25) is 0 Å². The summed E-state index contributed by atoms with van der Waals surface area (Å²) in [6.45, 7) is 1.57. The predicted molar refractivity (Wildman–Crippen MR) is 73.3 cm³/mol. The maximum atomic E-state index is 11.7. The predicted octanol–water partition coefficient (Wildman–Crippen LogP) is -1.23. The summed E-state index contributed by atoms with van der Waals surface area (Å²) in [7, 11) is 0. The number of aliphatic hydroxyl groups excluding tert-OH is 1. The summed E-state index contributed by atoms with van der Waals surface area (Å²) in [5, 5.41) is 11.7. The molecule has 7 nitrogen and oxygen atoms in total. The zero-order valence-electron chi connectivity index (χ0n) is 10.8. The van der Waals surface area contributed by atoms with Crippen LogP contribution in [0.1, 0.15) is 6.92 Å². The van der Waals surface area contributed by atoms with Crippen LogP contribution in [-0.2, 0) is 11.3 Å².